The Balaban J connectivity index is 0.000000745. The van der Waals surface area contributed by atoms with Crippen LogP contribution in [0.4, 0.5) is 24.5 Å². The maximum Gasteiger partial charge on any atom is 0.417 e. The summed E-state index contributed by atoms with van der Waals surface area (Å²) >= 11 is 5.57. The summed E-state index contributed by atoms with van der Waals surface area (Å²) in [6.07, 6.45) is -4.21. The number of carbonyl (C=O) groups is 1. The maximum atomic E-state index is 12.7. The second kappa shape index (κ2) is 7.70. The van der Waals surface area contributed by atoms with Gasteiger partial charge in [-0.2, -0.15) is 13.2 Å². The zero-order valence-electron chi connectivity index (χ0n) is 11.6. The van der Waals surface area contributed by atoms with Crippen LogP contribution in [-0.2, 0) is 11.0 Å². The zero-order valence-corrected chi connectivity index (χ0v) is 12.4. The molecule has 2 rings (SSSR count). The number of nitrogens with one attached hydrogen (secondary N) is 1. The van der Waals surface area contributed by atoms with Crippen LogP contribution >= 0.6 is 11.6 Å². The van der Waals surface area contributed by atoms with E-state index in [1.54, 1.807) is 6.07 Å². The third kappa shape index (κ3) is 4.96. The topological polar surface area (TPSA) is 55.1 Å². The highest BCUT2D eigenvalue weighted by atomic mass is 35.5. The Labute approximate surface area is 130 Å². The molecule has 0 aliphatic carbocycles. The van der Waals surface area contributed by atoms with E-state index < -0.39 is 11.7 Å². The molecule has 0 spiro atoms. The van der Waals surface area contributed by atoms with E-state index >= 15 is 0 Å². The number of hydrogen-bond donors (Lipinski definition) is 2. The first kappa shape index (κ1) is 17.8. The molecule has 0 aromatic heterocycles. The summed E-state index contributed by atoms with van der Waals surface area (Å²) < 4.78 is 38.2. The van der Waals surface area contributed by atoms with E-state index in [4.69, 9.17) is 16.4 Å². The molecule has 2 aromatic carbocycles. The van der Waals surface area contributed by atoms with Crippen LogP contribution in [-0.4, -0.2) is 6.41 Å². The first-order chi connectivity index (χ1) is 10.3. The summed E-state index contributed by atoms with van der Waals surface area (Å²) in [6, 6.07) is 11.1. The number of halogens is 4. The van der Waals surface area contributed by atoms with Crippen molar-refractivity contribution in [3.05, 3.63) is 58.6 Å². The van der Waals surface area contributed by atoms with Crippen LogP contribution in [0.5, 0.6) is 0 Å². The van der Waals surface area contributed by atoms with Crippen molar-refractivity contribution < 1.29 is 18.0 Å². The van der Waals surface area contributed by atoms with Gasteiger partial charge >= 0.3 is 6.18 Å². The van der Waals surface area contributed by atoms with Gasteiger partial charge in [-0.15, -0.1) is 0 Å². The number of primary amides is 1. The molecule has 0 saturated carbocycles. The molecule has 3 nitrogen and oxygen atoms in total. The van der Waals surface area contributed by atoms with Crippen molar-refractivity contribution in [1.82, 2.24) is 0 Å². The highest BCUT2D eigenvalue weighted by molar-refractivity contribution is 6.31. The second-order valence-corrected chi connectivity index (χ2v) is 4.68. The SMILES string of the molecule is Cc1ccccc1Nc1ccc(Cl)c(C(F)(F)F)c1.NC=O. The minimum absolute atomic E-state index is 0.250. The fraction of sp³-hybridized carbons (Fsp3) is 0.133. The molecule has 1 amide bonds. The number of amides is 1. The number of anilines is 2. The van der Waals surface area contributed by atoms with Gasteiger partial charge in [-0.3, -0.25) is 4.79 Å². The first-order valence-corrected chi connectivity index (χ1v) is 6.52. The highest BCUT2D eigenvalue weighted by Crippen LogP contribution is 2.36. The number of carbonyl (C=O) groups excluding carboxylic acids is 1. The molecular formula is C15H14ClF3N2O. The molecule has 0 aliphatic heterocycles. The molecule has 0 fully saturated rings. The molecule has 0 unspecified atom stereocenters. The number of hydrogen-bond acceptors (Lipinski definition) is 2. The van der Waals surface area contributed by atoms with E-state index in [-0.39, 0.29) is 11.4 Å². The van der Waals surface area contributed by atoms with E-state index in [1.807, 2.05) is 25.1 Å². The summed E-state index contributed by atoms with van der Waals surface area (Å²) in [7, 11) is 0. The molecule has 118 valence electrons. The van der Waals surface area contributed by atoms with Crippen LogP contribution < -0.4 is 11.1 Å². The van der Waals surface area contributed by atoms with Gasteiger partial charge in [0, 0.05) is 11.4 Å². The fourth-order valence-electron chi connectivity index (χ4n) is 1.69. The Kier molecular flexibility index (Phi) is 6.24. The number of nitrogens with two attached hydrogens (primary N) is 1. The van der Waals surface area contributed by atoms with Crippen molar-refractivity contribution in [3.63, 3.8) is 0 Å². The predicted octanol–water partition coefficient (Wildman–Crippen LogP) is 4.51. The van der Waals surface area contributed by atoms with Gasteiger partial charge in [0.05, 0.1) is 10.6 Å². The molecule has 0 aliphatic rings. The molecule has 2 aromatic rings. The average Bonchev–Trinajstić information content (AvgIpc) is 2.43. The van der Waals surface area contributed by atoms with E-state index in [2.05, 4.69) is 11.1 Å². The summed E-state index contributed by atoms with van der Waals surface area (Å²) in [4.78, 5) is 8.58. The standard InChI is InChI=1S/C14H11ClF3N.CH3NO/c1-9-4-2-3-5-13(9)19-10-6-7-12(15)11(8-10)14(16,17)18;2-1-3/h2-8,19H,1H3;1H,(H2,2,3). The lowest BCUT2D eigenvalue weighted by Crippen LogP contribution is -2.06. The molecule has 0 radical (unpaired) electrons. The monoisotopic (exact) mass is 330 g/mol. The van der Waals surface area contributed by atoms with Gasteiger partial charge < -0.3 is 11.1 Å². The Morgan fingerprint density at radius 1 is 1.18 bits per heavy atom. The Hall–Kier alpha value is -2.21. The predicted molar refractivity (Wildman–Crippen MR) is 81.2 cm³/mol. The van der Waals surface area contributed by atoms with E-state index in [1.165, 1.54) is 12.1 Å². The highest BCUT2D eigenvalue weighted by Gasteiger charge is 2.33. The van der Waals surface area contributed by atoms with Crippen molar-refractivity contribution in [2.75, 3.05) is 5.32 Å². The normalized spacial score (nSPS) is 10.4. The van der Waals surface area contributed by atoms with Crippen molar-refractivity contribution in [1.29, 1.82) is 0 Å². The van der Waals surface area contributed by atoms with Gasteiger partial charge in [0.25, 0.3) is 0 Å². The van der Waals surface area contributed by atoms with Crippen LogP contribution in [0.3, 0.4) is 0 Å². The van der Waals surface area contributed by atoms with Crippen molar-refractivity contribution in [3.8, 4) is 0 Å². The van der Waals surface area contributed by atoms with Crippen LogP contribution in [0.1, 0.15) is 11.1 Å². The summed E-state index contributed by atoms with van der Waals surface area (Å²) in [5, 5.41) is 2.65. The third-order valence-corrected chi connectivity index (χ3v) is 3.03. The van der Waals surface area contributed by atoms with Gasteiger partial charge in [0.1, 0.15) is 0 Å². The minimum atomic E-state index is -4.46. The Morgan fingerprint density at radius 2 is 1.77 bits per heavy atom. The molecule has 0 heterocycles. The summed E-state index contributed by atoms with van der Waals surface area (Å²) in [5.41, 5.74) is 5.39. The molecule has 0 saturated heterocycles. The molecule has 22 heavy (non-hydrogen) atoms. The maximum absolute atomic E-state index is 12.7. The lowest BCUT2D eigenvalue weighted by Gasteiger charge is -2.13. The molecule has 0 bridgehead atoms. The first-order valence-electron chi connectivity index (χ1n) is 6.14. The minimum Gasteiger partial charge on any atom is -0.372 e. The summed E-state index contributed by atoms with van der Waals surface area (Å²) in [6.45, 7) is 1.88. The number of alkyl halides is 3. The van der Waals surface area contributed by atoms with Gasteiger partial charge in [0.2, 0.25) is 6.41 Å². The smallest absolute Gasteiger partial charge is 0.372 e. The molecule has 0 atom stereocenters. The number of benzene rings is 2. The van der Waals surface area contributed by atoms with Crippen molar-refractivity contribution in [2.45, 2.75) is 13.1 Å². The Morgan fingerprint density at radius 3 is 2.32 bits per heavy atom. The molecule has 3 N–H and O–H groups in total. The second-order valence-electron chi connectivity index (χ2n) is 4.27. The van der Waals surface area contributed by atoms with E-state index in [0.29, 0.717) is 5.69 Å². The van der Waals surface area contributed by atoms with E-state index in [0.717, 1.165) is 17.3 Å². The lowest BCUT2D eigenvalue weighted by atomic mass is 10.1. The zero-order chi connectivity index (χ0) is 16.8. The summed E-state index contributed by atoms with van der Waals surface area (Å²) in [5.74, 6) is 0. The lowest BCUT2D eigenvalue weighted by molar-refractivity contribution is -0.137. The van der Waals surface area contributed by atoms with Gasteiger partial charge in [0.15, 0.2) is 0 Å². The number of para-hydroxylation sites is 1. The van der Waals surface area contributed by atoms with Crippen LogP contribution in [0.25, 0.3) is 0 Å². The largest absolute Gasteiger partial charge is 0.417 e. The fourth-order valence-corrected chi connectivity index (χ4v) is 1.91. The van der Waals surface area contributed by atoms with Crippen molar-refractivity contribution >= 4 is 29.4 Å². The molecule has 7 heteroatoms. The van der Waals surface area contributed by atoms with Gasteiger partial charge in [-0.25, -0.2) is 0 Å². The third-order valence-electron chi connectivity index (χ3n) is 2.70. The van der Waals surface area contributed by atoms with Crippen molar-refractivity contribution in [2.24, 2.45) is 5.73 Å². The number of aryl methyl sites for hydroxylation is 1. The average molecular weight is 331 g/mol. The Bertz CT molecular complexity index is 645. The van der Waals surface area contributed by atoms with E-state index in [9.17, 15) is 13.2 Å². The quantitative estimate of drug-likeness (QED) is 0.796. The molecular weight excluding hydrogens is 317 g/mol. The van der Waals surface area contributed by atoms with Crippen LogP contribution in [0.2, 0.25) is 5.02 Å². The van der Waals surface area contributed by atoms with Gasteiger partial charge in [-0.1, -0.05) is 29.8 Å². The van der Waals surface area contributed by atoms with Crippen LogP contribution in [0, 0.1) is 6.92 Å². The van der Waals surface area contributed by atoms with Crippen LogP contribution in [0.15, 0.2) is 42.5 Å². The number of rotatable bonds is 2. The van der Waals surface area contributed by atoms with Gasteiger partial charge in [-0.05, 0) is 36.8 Å².